The van der Waals surface area contributed by atoms with Gasteiger partial charge in [-0.15, -0.1) is 11.8 Å². The van der Waals surface area contributed by atoms with Gasteiger partial charge in [0.2, 0.25) is 0 Å². The number of hydrogen-bond acceptors (Lipinski definition) is 4. The highest BCUT2D eigenvalue weighted by molar-refractivity contribution is 9.10. The Labute approximate surface area is 131 Å². The maximum Gasteiger partial charge on any atom is 0.323 e. The summed E-state index contributed by atoms with van der Waals surface area (Å²) in [5.74, 6) is -0.728. The highest BCUT2D eigenvalue weighted by atomic mass is 79.9. The Morgan fingerprint density at radius 2 is 2.50 bits per heavy atom. The summed E-state index contributed by atoms with van der Waals surface area (Å²) in [6.07, 6.45) is 4.94. The van der Waals surface area contributed by atoms with Crippen LogP contribution in [0.2, 0.25) is 0 Å². The zero-order chi connectivity index (χ0) is 14.6. The topological polar surface area (TPSA) is 62.2 Å². The van der Waals surface area contributed by atoms with Crippen molar-refractivity contribution in [2.75, 3.05) is 6.54 Å². The number of nitrogens with zero attached hydrogens (tertiary/aromatic N) is 1. The van der Waals surface area contributed by atoms with Gasteiger partial charge in [-0.1, -0.05) is 6.92 Å². The van der Waals surface area contributed by atoms with Gasteiger partial charge in [0.1, 0.15) is 10.6 Å². The molecule has 6 heteroatoms. The molecule has 1 heterocycles. The molecule has 4 nitrogen and oxygen atoms in total. The minimum atomic E-state index is -0.755. The Morgan fingerprint density at radius 3 is 3.15 bits per heavy atom. The second-order valence-electron chi connectivity index (χ2n) is 5.09. The lowest BCUT2D eigenvalue weighted by Crippen LogP contribution is -2.50. The zero-order valence-corrected chi connectivity index (χ0v) is 13.8. The standard InChI is InChI=1S/C14H19BrN2O2S/c1-2-7-17-14(13(18)19)6-5-10(9-14)20-12-11(15)4-3-8-16-12/h3-4,8,10,17H,2,5-7,9H2,1H3,(H,18,19). The van der Waals surface area contributed by atoms with Gasteiger partial charge < -0.3 is 10.4 Å². The molecule has 0 saturated heterocycles. The smallest absolute Gasteiger partial charge is 0.323 e. The van der Waals surface area contributed by atoms with Crippen LogP contribution >= 0.6 is 27.7 Å². The van der Waals surface area contributed by atoms with Crippen molar-refractivity contribution in [1.82, 2.24) is 10.3 Å². The quantitative estimate of drug-likeness (QED) is 0.816. The van der Waals surface area contributed by atoms with E-state index in [1.165, 1.54) is 0 Å². The number of thioether (sulfide) groups is 1. The number of halogens is 1. The zero-order valence-electron chi connectivity index (χ0n) is 11.4. The molecular weight excluding hydrogens is 340 g/mol. The highest BCUT2D eigenvalue weighted by Gasteiger charge is 2.45. The third-order valence-electron chi connectivity index (χ3n) is 3.60. The number of hydrogen-bond donors (Lipinski definition) is 2. The van der Waals surface area contributed by atoms with Gasteiger partial charge >= 0.3 is 5.97 Å². The van der Waals surface area contributed by atoms with Crippen molar-refractivity contribution < 1.29 is 9.90 Å². The number of nitrogens with one attached hydrogen (secondary N) is 1. The molecule has 0 aliphatic heterocycles. The van der Waals surface area contributed by atoms with E-state index in [-0.39, 0.29) is 0 Å². The van der Waals surface area contributed by atoms with E-state index in [0.717, 1.165) is 28.9 Å². The van der Waals surface area contributed by atoms with Crippen molar-refractivity contribution in [2.45, 2.75) is 48.4 Å². The summed E-state index contributed by atoms with van der Waals surface area (Å²) in [5, 5.41) is 14.0. The van der Waals surface area contributed by atoms with E-state index in [4.69, 9.17) is 0 Å². The van der Waals surface area contributed by atoms with E-state index in [9.17, 15) is 9.90 Å². The molecule has 0 aromatic carbocycles. The monoisotopic (exact) mass is 358 g/mol. The van der Waals surface area contributed by atoms with Crippen molar-refractivity contribution in [2.24, 2.45) is 0 Å². The van der Waals surface area contributed by atoms with Crippen LogP contribution in [0.3, 0.4) is 0 Å². The molecular formula is C14H19BrN2O2S. The number of pyridine rings is 1. The maximum atomic E-state index is 11.6. The third-order valence-corrected chi connectivity index (χ3v) is 5.78. The van der Waals surface area contributed by atoms with Gasteiger partial charge in [-0.3, -0.25) is 4.79 Å². The summed E-state index contributed by atoms with van der Waals surface area (Å²) in [5.41, 5.74) is -0.755. The molecule has 2 atom stereocenters. The van der Waals surface area contributed by atoms with Crippen molar-refractivity contribution in [3.05, 3.63) is 22.8 Å². The first-order valence-corrected chi connectivity index (χ1v) is 8.50. The average molecular weight is 359 g/mol. The molecule has 1 aromatic rings. The molecule has 1 aliphatic carbocycles. The molecule has 1 aliphatic rings. The minimum Gasteiger partial charge on any atom is -0.480 e. The van der Waals surface area contributed by atoms with E-state index in [1.54, 1.807) is 18.0 Å². The van der Waals surface area contributed by atoms with Gasteiger partial charge in [-0.2, -0.15) is 0 Å². The van der Waals surface area contributed by atoms with Crippen molar-refractivity contribution in [3.63, 3.8) is 0 Å². The lowest BCUT2D eigenvalue weighted by Gasteiger charge is -2.25. The summed E-state index contributed by atoms with van der Waals surface area (Å²) in [6, 6.07) is 3.84. The summed E-state index contributed by atoms with van der Waals surface area (Å²) < 4.78 is 0.972. The Hall–Kier alpha value is -0.590. The van der Waals surface area contributed by atoms with Crippen LogP contribution in [-0.2, 0) is 4.79 Å². The first-order valence-electron chi connectivity index (χ1n) is 6.83. The number of carboxylic acids is 1. The van der Waals surface area contributed by atoms with Crippen LogP contribution in [0.4, 0.5) is 0 Å². The number of carbonyl (C=O) groups is 1. The lowest BCUT2D eigenvalue weighted by molar-refractivity contribution is -0.144. The summed E-state index contributed by atoms with van der Waals surface area (Å²) >= 11 is 5.16. The number of aliphatic carboxylic acids is 1. The lowest BCUT2D eigenvalue weighted by atomic mass is 9.98. The molecule has 0 spiro atoms. The van der Waals surface area contributed by atoms with Crippen LogP contribution in [0.15, 0.2) is 27.8 Å². The van der Waals surface area contributed by atoms with Crippen molar-refractivity contribution in [1.29, 1.82) is 0 Å². The molecule has 20 heavy (non-hydrogen) atoms. The summed E-state index contributed by atoms with van der Waals surface area (Å²) in [4.78, 5) is 15.9. The second kappa shape index (κ2) is 6.91. The summed E-state index contributed by atoms with van der Waals surface area (Å²) in [6.45, 7) is 2.80. The third kappa shape index (κ3) is 3.54. The first kappa shape index (κ1) is 15.8. The first-order chi connectivity index (χ1) is 9.57. The molecule has 110 valence electrons. The average Bonchev–Trinajstić information content (AvgIpc) is 2.84. The Bertz CT molecular complexity index is 486. The fourth-order valence-electron chi connectivity index (χ4n) is 2.51. The molecule has 2 unspecified atom stereocenters. The Morgan fingerprint density at radius 1 is 1.70 bits per heavy atom. The summed E-state index contributed by atoms with van der Waals surface area (Å²) in [7, 11) is 0. The van der Waals surface area contributed by atoms with Gasteiger partial charge in [0.25, 0.3) is 0 Å². The molecule has 0 radical (unpaired) electrons. The van der Waals surface area contributed by atoms with E-state index < -0.39 is 11.5 Å². The highest BCUT2D eigenvalue weighted by Crippen LogP contribution is 2.41. The van der Waals surface area contributed by atoms with Gasteiger partial charge in [0.05, 0.1) is 0 Å². The van der Waals surface area contributed by atoms with E-state index in [1.807, 2.05) is 12.1 Å². The fraction of sp³-hybridized carbons (Fsp3) is 0.571. The van der Waals surface area contributed by atoms with Crippen LogP contribution in [0.1, 0.15) is 32.6 Å². The molecule has 1 fully saturated rings. The number of aromatic nitrogens is 1. The normalized spacial score (nSPS) is 25.8. The van der Waals surface area contributed by atoms with Gasteiger partial charge in [0, 0.05) is 15.9 Å². The molecule has 1 aromatic heterocycles. The van der Waals surface area contributed by atoms with E-state index >= 15 is 0 Å². The molecule has 2 rings (SSSR count). The predicted molar refractivity (Wildman–Crippen MR) is 84.1 cm³/mol. The Kier molecular flexibility index (Phi) is 5.46. The van der Waals surface area contributed by atoms with E-state index in [0.29, 0.717) is 18.1 Å². The molecule has 0 bridgehead atoms. The van der Waals surface area contributed by atoms with Crippen LogP contribution in [-0.4, -0.2) is 33.4 Å². The molecule has 2 N–H and O–H groups in total. The Balaban J connectivity index is 2.03. The van der Waals surface area contributed by atoms with Crippen molar-refractivity contribution >= 4 is 33.7 Å². The van der Waals surface area contributed by atoms with Crippen LogP contribution in [0.5, 0.6) is 0 Å². The minimum absolute atomic E-state index is 0.293. The fourth-order valence-corrected chi connectivity index (χ4v) is 4.27. The van der Waals surface area contributed by atoms with Gasteiger partial charge in [-0.25, -0.2) is 4.98 Å². The largest absolute Gasteiger partial charge is 0.480 e. The molecule has 1 saturated carbocycles. The number of rotatable bonds is 6. The molecule has 0 amide bonds. The van der Waals surface area contributed by atoms with Gasteiger partial charge in [-0.05, 0) is 60.3 Å². The number of carboxylic acid groups (broad SMARTS) is 1. The predicted octanol–water partition coefficient (Wildman–Crippen LogP) is 3.31. The van der Waals surface area contributed by atoms with Crippen LogP contribution in [0, 0.1) is 0 Å². The van der Waals surface area contributed by atoms with Crippen LogP contribution < -0.4 is 5.32 Å². The van der Waals surface area contributed by atoms with Crippen LogP contribution in [0.25, 0.3) is 0 Å². The van der Waals surface area contributed by atoms with Crippen molar-refractivity contribution in [3.8, 4) is 0 Å². The second-order valence-corrected chi connectivity index (χ2v) is 7.23. The maximum absolute atomic E-state index is 11.6. The SMILES string of the molecule is CCCNC1(C(=O)O)CCC(Sc2ncccc2Br)C1. The van der Waals surface area contributed by atoms with Gasteiger partial charge in [0.15, 0.2) is 0 Å². The van der Waals surface area contributed by atoms with E-state index in [2.05, 4.69) is 33.2 Å².